The molecule has 0 aliphatic carbocycles. The second kappa shape index (κ2) is 5.72. The van der Waals surface area contributed by atoms with Gasteiger partial charge in [0.05, 0.1) is 10.5 Å². The lowest BCUT2D eigenvalue weighted by Crippen LogP contribution is -1.99. The van der Waals surface area contributed by atoms with E-state index < -0.39 is 0 Å². The molecule has 7 heteroatoms. The average molecular weight is 448 g/mol. The van der Waals surface area contributed by atoms with E-state index in [-0.39, 0.29) is 0 Å². The summed E-state index contributed by atoms with van der Waals surface area (Å²) in [5.74, 6) is 0.854. The van der Waals surface area contributed by atoms with Crippen molar-refractivity contribution in [2.24, 2.45) is 0 Å². The minimum Gasteiger partial charge on any atom is -0.383 e. The quantitative estimate of drug-likeness (QED) is 0.519. The third-order valence-electron chi connectivity index (χ3n) is 2.92. The Bertz CT molecular complexity index is 868. The minimum atomic E-state index is 0.392. The highest BCUT2D eigenvalue weighted by molar-refractivity contribution is 9.11. The molecule has 1 heterocycles. The van der Waals surface area contributed by atoms with Gasteiger partial charge in [-0.1, -0.05) is 39.1 Å². The molecule has 21 heavy (non-hydrogen) atoms. The number of nitrogen functional groups attached to an aromatic ring is 1. The molecule has 0 fully saturated rings. The summed E-state index contributed by atoms with van der Waals surface area (Å²) in [5.41, 5.74) is 7.46. The van der Waals surface area contributed by atoms with Crippen LogP contribution in [0.4, 0.5) is 5.82 Å². The van der Waals surface area contributed by atoms with E-state index in [4.69, 9.17) is 28.9 Å². The Labute approximate surface area is 147 Å². The molecule has 1 aromatic heterocycles. The van der Waals surface area contributed by atoms with Crippen LogP contribution in [0.15, 0.2) is 39.3 Å². The third-order valence-corrected chi connectivity index (χ3v) is 4.53. The predicted molar refractivity (Wildman–Crippen MR) is 94.8 cm³/mol. The number of nitrogens with zero attached hydrogens (tertiary/aromatic N) is 2. The second-order valence-corrected chi connectivity index (χ2v) is 6.95. The molecule has 0 amide bonds. The maximum Gasteiger partial charge on any atom is 0.163 e. The smallest absolute Gasteiger partial charge is 0.163 e. The van der Waals surface area contributed by atoms with Crippen molar-refractivity contribution < 1.29 is 0 Å². The van der Waals surface area contributed by atoms with Crippen molar-refractivity contribution in [2.45, 2.75) is 0 Å². The molecule has 0 saturated heterocycles. The zero-order chi connectivity index (χ0) is 15.1. The monoisotopic (exact) mass is 445 g/mol. The van der Waals surface area contributed by atoms with E-state index in [0.717, 1.165) is 19.8 Å². The van der Waals surface area contributed by atoms with Crippen molar-refractivity contribution in [3.8, 4) is 11.4 Å². The lowest BCUT2D eigenvalue weighted by molar-refractivity contribution is 1.23. The van der Waals surface area contributed by atoms with E-state index in [1.165, 1.54) is 0 Å². The number of hydrogen-bond donors (Lipinski definition) is 1. The molecular weight excluding hydrogens is 441 g/mol. The maximum atomic E-state index is 6.21. The van der Waals surface area contributed by atoms with E-state index in [1.807, 2.05) is 12.1 Å². The van der Waals surface area contributed by atoms with Crippen LogP contribution in [0, 0.1) is 0 Å². The van der Waals surface area contributed by atoms with Crippen LogP contribution in [-0.4, -0.2) is 9.97 Å². The highest BCUT2D eigenvalue weighted by atomic mass is 79.9. The molecule has 2 N–H and O–H groups in total. The van der Waals surface area contributed by atoms with Crippen LogP contribution in [0.2, 0.25) is 10.0 Å². The van der Waals surface area contributed by atoms with Crippen LogP contribution in [-0.2, 0) is 0 Å². The number of anilines is 1. The van der Waals surface area contributed by atoms with Crippen LogP contribution in [0.25, 0.3) is 22.3 Å². The SMILES string of the molecule is Nc1nc(-c2ccc(Cl)cc2Cl)nc2c(Br)cc(Br)cc12. The Morgan fingerprint density at radius 3 is 2.48 bits per heavy atom. The molecule has 0 atom stereocenters. The minimum absolute atomic E-state index is 0.392. The number of aromatic nitrogens is 2. The number of rotatable bonds is 1. The van der Waals surface area contributed by atoms with Gasteiger partial charge in [-0.3, -0.25) is 0 Å². The van der Waals surface area contributed by atoms with Gasteiger partial charge in [-0.05, 0) is 46.3 Å². The highest BCUT2D eigenvalue weighted by Crippen LogP contribution is 2.34. The summed E-state index contributed by atoms with van der Waals surface area (Å²) >= 11 is 19.0. The molecule has 0 bridgehead atoms. The van der Waals surface area contributed by atoms with Gasteiger partial charge in [-0.2, -0.15) is 0 Å². The lowest BCUT2D eigenvalue weighted by atomic mass is 10.2. The molecule has 3 nitrogen and oxygen atoms in total. The summed E-state index contributed by atoms with van der Waals surface area (Å²) in [6.07, 6.45) is 0. The van der Waals surface area contributed by atoms with Gasteiger partial charge in [0.1, 0.15) is 5.82 Å². The normalized spacial score (nSPS) is 11.0. The van der Waals surface area contributed by atoms with Crippen LogP contribution < -0.4 is 5.73 Å². The number of halogens is 4. The van der Waals surface area contributed by atoms with Gasteiger partial charge in [0.15, 0.2) is 5.82 Å². The first-order valence-electron chi connectivity index (χ1n) is 5.83. The summed E-state index contributed by atoms with van der Waals surface area (Å²) in [6, 6.07) is 8.95. The predicted octanol–water partition coefficient (Wildman–Crippen LogP) is 5.71. The fourth-order valence-electron chi connectivity index (χ4n) is 1.97. The van der Waals surface area contributed by atoms with Gasteiger partial charge in [0.2, 0.25) is 0 Å². The molecule has 0 saturated carbocycles. The zero-order valence-electron chi connectivity index (χ0n) is 10.4. The molecule has 0 unspecified atom stereocenters. The topological polar surface area (TPSA) is 51.8 Å². The summed E-state index contributed by atoms with van der Waals surface area (Å²) < 4.78 is 1.72. The van der Waals surface area contributed by atoms with Gasteiger partial charge in [0.25, 0.3) is 0 Å². The Morgan fingerprint density at radius 1 is 1.00 bits per heavy atom. The van der Waals surface area contributed by atoms with Crippen molar-refractivity contribution in [3.05, 3.63) is 49.3 Å². The van der Waals surface area contributed by atoms with Crippen LogP contribution in [0.3, 0.4) is 0 Å². The van der Waals surface area contributed by atoms with Gasteiger partial charge in [-0.15, -0.1) is 0 Å². The first kappa shape index (κ1) is 15.0. The number of hydrogen-bond acceptors (Lipinski definition) is 3. The van der Waals surface area contributed by atoms with Gasteiger partial charge in [-0.25, -0.2) is 9.97 Å². The van der Waals surface area contributed by atoms with Crippen LogP contribution in [0.1, 0.15) is 0 Å². The van der Waals surface area contributed by atoms with Crippen LogP contribution in [0.5, 0.6) is 0 Å². The molecule has 0 aliphatic heterocycles. The maximum absolute atomic E-state index is 6.21. The largest absolute Gasteiger partial charge is 0.383 e. The standard InChI is InChI=1S/C14H7Br2Cl2N3/c15-6-3-9-12(10(16)4-6)20-14(21-13(9)19)8-2-1-7(17)5-11(8)18/h1-5H,(H2,19,20,21). The number of nitrogens with two attached hydrogens (primary N) is 1. The van der Waals surface area contributed by atoms with E-state index in [0.29, 0.717) is 27.3 Å². The lowest BCUT2D eigenvalue weighted by Gasteiger charge is -2.09. The first-order valence-corrected chi connectivity index (χ1v) is 8.17. The van der Waals surface area contributed by atoms with E-state index in [1.54, 1.807) is 18.2 Å². The molecule has 3 rings (SSSR count). The van der Waals surface area contributed by atoms with Crippen LogP contribution >= 0.6 is 55.1 Å². The van der Waals surface area contributed by atoms with Crippen molar-refractivity contribution in [3.63, 3.8) is 0 Å². The first-order chi connectivity index (χ1) is 9.95. The molecule has 0 spiro atoms. The number of benzene rings is 2. The van der Waals surface area contributed by atoms with E-state index in [2.05, 4.69) is 41.8 Å². The Balaban J connectivity index is 2.30. The molecule has 0 radical (unpaired) electrons. The summed E-state index contributed by atoms with van der Waals surface area (Å²) in [6.45, 7) is 0. The highest BCUT2D eigenvalue weighted by Gasteiger charge is 2.13. The van der Waals surface area contributed by atoms with E-state index >= 15 is 0 Å². The Hall–Kier alpha value is -0.880. The fourth-order valence-corrected chi connectivity index (χ4v) is 3.78. The van der Waals surface area contributed by atoms with Crippen molar-refractivity contribution in [1.82, 2.24) is 9.97 Å². The van der Waals surface area contributed by atoms with Gasteiger partial charge in [0, 0.05) is 24.9 Å². The summed E-state index contributed by atoms with van der Waals surface area (Å²) in [7, 11) is 0. The fraction of sp³-hybridized carbons (Fsp3) is 0. The Morgan fingerprint density at radius 2 is 1.76 bits per heavy atom. The molecule has 3 aromatic rings. The Kier molecular flexibility index (Phi) is 4.10. The summed E-state index contributed by atoms with van der Waals surface area (Å²) in [4.78, 5) is 8.89. The molecular formula is C14H7Br2Cl2N3. The molecule has 106 valence electrons. The summed E-state index contributed by atoms with van der Waals surface area (Å²) in [5, 5.41) is 1.81. The van der Waals surface area contributed by atoms with Crippen molar-refractivity contribution in [2.75, 3.05) is 5.73 Å². The van der Waals surface area contributed by atoms with E-state index in [9.17, 15) is 0 Å². The zero-order valence-corrected chi connectivity index (χ0v) is 15.1. The molecule has 2 aromatic carbocycles. The third kappa shape index (κ3) is 2.88. The second-order valence-electron chi connectivity index (χ2n) is 4.34. The van der Waals surface area contributed by atoms with Gasteiger partial charge < -0.3 is 5.73 Å². The average Bonchev–Trinajstić information content (AvgIpc) is 2.40. The van der Waals surface area contributed by atoms with Crippen molar-refractivity contribution >= 4 is 71.8 Å². The van der Waals surface area contributed by atoms with Gasteiger partial charge >= 0.3 is 0 Å². The number of fused-ring (bicyclic) bond motifs is 1. The molecule has 0 aliphatic rings. The van der Waals surface area contributed by atoms with Crippen molar-refractivity contribution in [1.29, 1.82) is 0 Å².